The van der Waals surface area contributed by atoms with Crippen molar-refractivity contribution in [1.82, 2.24) is 19.4 Å². The summed E-state index contributed by atoms with van der Waals surface area (Å²) in [5, 5.41) is 1.02. The van der Waals surface area contributed by atoms with E-state index in [4.69, 9.17) is 28.2 Å². The van der Waals surface area contributed by atoms with Crippen LogP contribution in [0.1, 0.15) is 57.0 Å². The van der Waals surface area contributed by atoms with Crippen LogP contribution in [0.3, 0.4) is 0 Å². The van der Waals surface area contributed by atoms with Gasteiger partial charge in [0.1, 0.15) is 5.82 Å². The molecule has 1 aromatic heterocycles. The van der Waals surface area contributed by atoms with Crippen LogP contribution in [-0.4, -0.2) is 58.0 Å². The van der Waals surface area contributed by atoms with Crippen molar-refractivity contribution in [3.05, 3.63) is 70.0 Å². The number of fused-ring (bicyclic) bond motifs is 1. The van der Waals surface area contributed by atoms with Gasteiger partial charge in [-0.25, -0.2) is 4.98 Å². The third kappa shape index (κ3) is 6.44. The fraction of sp³-hybridized carbons (Fsp3) is 0.484. The molecule has 202 valence electrons. The van der Waals surface area contributed by atoms with Crippen LogP contribution in [0.5, 0.6) is 0 Å². The summed E-state index contributed by atoms with van der Waals surface area (Å²) in [6, 6.07) is 14.3. The molecule has 3 heterocycles. The number of hydrogen-bond acceptors (Lipinski definition) is 3. The Morgan fingerprint density at radius 2 is 1.68 bits per heavy atom. The SMILES string of the molecule is CC(C)n1c(CC2CCN(CC3CCN(C(=O)/C=C/c4ccc(Cl)c(Cl)c4)CC3)CC2)nc2ccccc21. The number of piperidine rings is 2. The summed E-state index contributed by atoms with van der Waals surface area (Å²) in [7, 11) is 0. The first-order valence-electron chi connectivity index (χ1n) is 14.0. The fourth-order valence-electron chi connectivity index (χ4n) is 6.04. The van der Waals surface area contributed by atoms with Gasteiger partial charge in [0.25, 0.3) is 0 Å². The van der Waals surface area contributed by atoms with E-state index in [-0.39, 0.29) is 5.91 Å². The predicted octanol–water partition coefficient (Wildman–Crippen LogP) is 7.13. The molecule has 2 aliphatic heterocycles. The minimum Gasteiger partial charge on any atom is -0.339 e. The molecule has 0 radical (unpaired) electrons. The molecular formula is C31H38Cl2N4O. The van der Waals surface area contributed by atoms with Crippen LogP contribution < -0.4 is 0 Å². The van der Waals surface area contributed by atoms with E-state index in [1.165, 1.54) is 24.2 Å². The van der Waals surface area contributed by atoms with Crippen molar-refractivity contribution in [1.29, 1.82) is 0 Å². The lowest BCUT2D eigenvalue weighted by Gasteiger charge is -2.37. The Kier molecular flexibility index (Phi) is 8.77. The van der Waals surface area contributed by atoms with Crippen LogP contribution >= 0.6 is 23.2 Å². The van der Waals surface area contributed by atoms with Crippen LogP contribution in [0.15, 0.2) is 48.5 Å². The molecule has 0 N–H and O–H groups in total. The second-order valence-corrected chi connectivity index (χ2v) is 12.0. The normalized spacial score (nSPS) is 18.3. The van der Waals surface area contributed by atoms with E-state index in [1.807, 2.05) is 17.0 Å². The molecule has 7 heteroatoms. The summed E-state index contributed by atoms with van der Waals surface area (Å²) < 4.78 is 2.43. The zero-order valence-corrected chi connectivity index (χ0v) is 24.0. The van der Waals surface area contributed by atoms with Crippen LogP contribution in [-0.2, 0) is 11.2 Å². The molecule has 0 unspecified atom stereocenters. The van der Waals surface area contributed by atoms with Gasteiger partial charge in [-0.15, -0.1) is 0 Å². The average molecular weight is 554 g/mol. The lowest BCUT2D eigenvalue weighted by molar-refractivity contribution is -0.127. The Morgan fingerprint density at radius 3 is 2.39 bits per heavy atom. The number of aromatic nitrogens is 2. The van der Waals surface area contributed by atoms with Crippen molar-refractivity contribution >= 4 is 46.2 Å². The van der Waals surface area contributed by atoms with Gasteiger partial charge in [-0.2, -0.15) is 0 Å². The topological polar surface area (TPSA) is 41.4 Å². The number of carbonyl (C=O) groups excluding carboxylic acids is 1. The molecule has 0 aliphatic carbocycles. The van der Waals surface area contributed by atoms with E-state index in [0.717, 1.165) is 63.1 Å². The van der Waals surface area contributed by atoms with Crippen molar-refractivity contribution in [2.45, 2.75) is 52.0 Å². The summed E-state index contributed by atoms with van der Waals surface area (Å²) in [6.45, 7) is 9.65. The maximum atomic E-state index is 12.7. The van der Waals surface area contributed by atoms with Gasteiger partial charge < -0.3 is 14.4 Å². The zero-order chi connectivity index (χ0) is 26.6. The number of nitrogens with zero attached hydrogens (tertiary/aromatic N) is 4. The van der Waals surface area contributed by atoms with Crippen LogP contribution in [0.4, 0.5) is 0 Å². The third-order valence-corrected chi connectivity index (χ3v) is 8.91. The number of halogens is 2. The molecule has 2 fully saturated rings. The first-order valence-corrected chi connectivity index (χ1v) is 14.7. The summed E-state index contributed by atoms with van der Waals surface area (Å²) in [6.07, 6.45) is 9.15. The first-order chi connectivity index (χ1) is 18.4. The van der Waals surface area contributed by atoms with Gasteiger partial charge in [0.2, 0.25) is 5.91 Å². The minimum atomic E-state index is 0.0720. The Labute approximate surface area is 236 Å². The van der Waals surface area contributed by atoms with Gasteiger partial charge in [0, 0.05) is 38.2 Å². The van der Waals surface area contributed by atoms with E-state index >= 15 is 0 Å². The standard InChI is InChI=1S/C31H38Cl2N4O/c1-22(2)37-29-6-4-3-5-28(29)34-30(37)20-24-11-15-35(16-12-24)21-25-13-17-36(18-14-25)31(38)10-8-23-7-9-26(32)27(33)19-23/h3-10,19,22,24-25H,11-18,20-21H2,1-2H3/b10-8+. The van der Waals surface area contributed by atoms with E-state index in [2.05, 4.69) is 47.6 Å². The molecule has 0 saturated carbocycles. The van der Waals surface area contributed by atoms with Gasteiger partial charge in [-0.05, 0) is 100 Å². The van der Waals surface area contributed by atoms with Gasteiger partial charge in [-0.3, -0.25) is 4.79 Å². The lowest BCUT2D eigenvalue weighted by atomic mass is 9.91. The molecule has 2 saturated heterocycles. The van der Waals surface area contributed by atoms with Crippen LogP contribution in [0, 0.1) is 11.8 Å². The largest absolute Gasteiger partial charge is 0.339 e. The molecule has 5 rings (SSSR count). The van der Waals surface area contributed by atoms with Crippen LogP contribution in [0.25, 0.3) is 17.1 Å². The fourth-order valence-corrected chi connectivity index (χ4v) is 6.34. The van der Waals surface area contributed by atoms with Gasteiger partial charge in [0.05, 0.1) is 21.1 Å². The van der Waals surface area contributed by atoms with E-state index in [1.54, 1.807) is 18.2 Å². The quantitative estimate of drug-likeness (QED) is 0.292. The van der Waals surface area contributed by atoms with E-state index < -0.39 is 0 Å². The molecule has 2 aliphatic rings. The summed E-state index contributed by atoms with van der Waals surface area (Å²) in [5.41, 5.74) is 3.25. The lowest BCUT2D eigenvalue weighted by Crippen LogP contribution is -2.43. The van der Waals surface area contributed by atoms with Gasteiger partial charge in [0.15, 0.2) is 0 Å². The molecule has 2 aromatic carbocycles. The number of rotatable bonds is 7. The molecule has 0 atom stereocenters. The van der Waals surface area contributed by atoms with Crippen LogP contribution in [0.2, 0.25) is 10.0 Å². The van der Waals surface area contributed by atoms with Crippen molar-refractivity contribution in [2.24, 2.45) is 11.8 Å². The Morgan fingerprint density at radius 1 is 0.974 bits per heavy atom. The number of hydrogen-bond donors (Lipinski definition) is 0. The smallest absolute Gasteiger partial charge is 0.246 e. The maximum absolute atomic E-state index is 12.7. The molecule has 0 bridgehead atoms. The van der Waals surface area contributed by atoms with E-state index in [9.17, 15) is 4.79 Å². The Hall–Kier alpha value is -2.34. The molecule has 0 spiro atoms. The number of amides is 1. The second-order valence-electron chi connectivity index (χ2n) is 11.2. The molecular weight excluding hydrogens is 515 g/mol. The second kappa shape index (κ2) is 12.2. The third-order valence-electron chi connectivity index (χ3n) is 8.17. The highest BCUT2D eigenvalue weighted by Crippen LogP contribution is 2.28. The monoisotopic (exact) mass is 552 g/mol. The number of para-hydroxylation sites is 2. The summed E-state index contributed by atoms with van der Waals surface area (Å²) in [5.74, 6) is 2.68. The molecule has 1 amide bonds. The highest BCUT2D eigenvalue weighted by atomic mass is 35.5. The number of carbonyl (C=O) groups is 1. The highest BCUT2D eigenvalue weighted by Gasteiger charge is 2.27. The maximum Gasteiger partial charge on any atom is 0.246 e. The number of likely N-dealkylation sites (tertiary alicyclic amines) is 2. The predicted molar refractivity (Wildman–Crippen MR) is 158 cm³/mol. The zero-order valence-electron chi connectivity index (χ0n) is 22.5. The number of imidazole rings is 1. The summed E-state index contributed by atoms with van der Waals surface area (Å²) >= 11 is 12.1. The summed E-state index contributed by atoms with van der Waals surface area (Å²) in [4.78, 5) is 22.3. The molecule has 38 heavy (non-hydrogen) atoms. The average Bonchev–Trinajstić information content (AvgIpc) is 3.29. The Balaban J connectivity index is 1.07. The molecule has 3 aromatic rings. The van der Waals surface area contributed by atoms with Gasteiger partial charge >= 0.3 is 0 Å². The first kappa shape index (κ1) is 27.2. The van der Waals surface area contributed by atoms with Crippen molar-refractivity contribution in [3.8, 4) is 0 Å². The van der Waals surface area contributed by atoms with Crippen molar-refractivity contribution < 1.29 is 4.79 Å². The minimum absolute atomic E-state index is 0.0720. The van der Waals surface area contributed by atoms with Gasteiger partial charge in [-0.1, -0.05) is 41.4 Å². The highest BCUT2D eigenvalue weighted by molar-refractivity contribution is 6.42. The van der Waals surface area contributed by atoms with E-state index in [0.29, 0.717) is 27.9 Å². The Bertz CT molecular complexity index is 1280. The molecule has 5 nitrogen and oxygen atoms in total. The number of benzene rings is 2. The van der Waals surface area contributed by atoms with Crippen molar-refractivity contribution in [3.63, 3.8) is 0 Å². The van der Waals surface area contributed by atoms with Crippen molar-refractivity contribution in [2.75, 3.05) is 32.7 Å².